The van der Waals surface area contributed by atoms with Gasteiger partial charge in [0, 0.05) is 7.05 Å². The molecule has 0 radical (unpaired) electrons. The fraction of sp³-hybridized carbons (Fsp3) is 0.400. The highest BCUT2D eigenvalue weighted by atomic mass is 19.4. The normalized spacial score (nSPS) is 13.3. The molecule has 0 aliphatic rings. The van der Waals surface area contributed by atoms with Crippen LogP contribution in [0, 0.1) is 0 Å². The van der Waals surface area contributed by atoms with Crippen LogP contribution >= 0.6 is 0 Å². The summed E-state index contributed by atoms with van der Waals surface area (Å²) in [6.07, 6.45) is -4.62. The number of hydrogen-bond donors (Lipinski definition) is 2. The van der Waals surface area contributed by atoms with E-state index in [0.717, 1.165) is 7.05 Å². The summed E-state index contributed by atoms with van der Waals surface area (Å²) in [5, 5.41) is 16.7. The van der Waals surface area contributed by atoms with E-state index in [1.54, 1.807) is 0 Å². The summed E-state index contributed by atoms with van der Waals surface area (Å²) in [6, 6.07) is 0. The van der Waals surface area contributed by atoms with Crippen LogP contribution in [0.25, 0.3) is 0 Å². The zero-order valence-electron chi connectivity index (χ0n) is 6.95. The standard InChI is InChI=1S/C5H6F3N5O/c1-13-3(2(9)12-14)10-11-4(13)5(6,7)8/h14H,1H3,(H2,9,12). The number of oxime groups is 1. The van der Waals surface area contributed by atoms with Crippen molar-refractivity contribution >= 4 is 5.84 Å². The molecule has 0 aromatic carbocycles. The molecule has 9 heteroatoms. The van der Waals surface area contributed by atoms with Gasteiger partial charge in [0.25, 0.3) is 0 Å². The second-order valence-electron chi connectivity index (χ2n) is 2.39. The predicted molar refractivity (Wildman–Crippen MR) is 38.5 cm³/mol. The highest BCUT2D eigenvalue weighted by molar-refractivity contribution is 5.93. The van der Waals surface area contributed by atoms with Gasteiger partial charge in [-0.15, -0.1) is 10.2 Å². The molecular weight excluding hydrogens is 203 g/mol. The van der Waals surface area contributed by atoms with Crippen molar-refractivity contribution in [3.8, 4) is 0 Å². The molecule has 0 fully saturated rings. The molecule has 0 unspecified atom stereocenters. The summed E-state index contributed by atoms with van der Waals surface area (Å²) >= 11 is 0. The van der Waals surface area contributed by atoms with Crippen LogP contribution in [-0.4, -0.2) is 25.8 Å². The molecule has 6 nitrogen and oxygen atoms in total. The number of hydrogen-bond acceptors (Lipinski definition) is 4. The Morgan fingerprint density at radius 2 is 2.07 bits per heavy atom. The van der Waals surface area contributed by atoms with Crippen LogP contribution in [0.4, 0.5) is 13.2 Å². The summed E-state index contributed by atoms with van der Waals surface area (Å²) in [5.74, 6) is -2.09. The molecule has 0 aliphatic heterocycles. The van der Waals surface area contributed by atoms with E-state index in [1.807, 2.05) is 0 Å². The molecule has 0 saturated heterocycles. The summed E-state index contributed by atoms with van der Waals surface area (Å²) in [6.45, 7) is 0. The topological polar surface area (TPSA) is 89.3 Å². The summed E-state index contributed by atoms with van der Waals surface area (Å²) in [4.78, 5) is 0. The van der Waals surface area contributed by atoms with Gasteiger partial charge in [0.05, 0.1) is 0 Å². The molecule has 0 amide bonds. The Bertz CT molecular complexity index is 368. The Hall–Kier alpha value is -1.80. The number of rotatable bonds is 1. The summed E-state index contributed by atoms with van der Waals surface area (Å²) < 4.78 is 37.1. The van der Waals surface area contributed by atoms with E-state index in [9.17, 15) is 13.2 Å². The lowest BCUT2D eigenvalue weighted by Crippen LogP contribution is -2.21. The van der Waals surface area contributed by atoms with Crippen LogP contribution in [0.15, 0.2) is 5.16 Å². The van der Waals surface area contributed by atoms with Crippen LogP contribution in [0.2, 0.25) is 0 Å². The molecule has 0 bridgehead atoms. The Balaban J connectivity index is 3.22. The molecule has 1 aromatic rings. The van der Waals surface area contributed by atoms with Gasteiger partial charge in [-0.3, -0.25) is 0 Å². The average Bonchev–Trinajstić information content (AvgIpc) is 2.45. The monoisotopic (exact) mass is 209 g/mol. The maximum absolute atomic E-state index is 12.2. The number of nitrogens with zero attached hydrogens (tertiary/aromatic N) is 4. The van der Waals surface area contributed by atoms with Crippen molar-refractivity contribution in [2.75, 3.05) is 0 Å². The highest BCUT2D eigenvalue weighted by Gasteiger charge is 2.37. The molecule has 0 spiro atoms. The Morgan fingerprint density at radius 3 is 2.43 bits per heavy atom. The van der Waals surface area contributed by atoms with Gasteiger partial charge in [-0.05, 0) is 0 Å². The molecule has 0 atom stereocenters. The van der Waals surface area contributed by atoms with Crippen LogP contribution in [0.3, 0.4) is 0 Å². The first-order valence-electron chi connectivity index (χ1n) is 3.32. The van der Waals surface area contributed by atoms with E-state index in [-0.39, 0.29) is 5.82 Å². The first-order chi connectivity index (χ1) is 6.38. The molecular formula is C5H6F3N5O. The minimum absolute atomic E-state index is 0.347. The Labute approximate surface area is 75.8 Å². The van der Waals surface area contributed by atoms with E-state index in [1.165, 1.54) is 0 Å². The maximum Gasteiger partial charge on any atom is 0.451 e. The number of halogens is 3. The van der Waals surface area contributed by atoms with Gasteiger partial charge in [0.1, 0.15) is 0 Å². The summed E-state index contributed by atoms with van der Waals surface area (Å²) in [7, 11) is 1.07. The molecule has 1 heterocycles. The van der Waals surface area contributed by atoms with E-state index >= 15 is 0 Å². The van der Waals surface area contributed by atoms with Crippen molar-refractivity contribution in [1.29, 1.82) is 0 Å². The van der Waals surface area contributed by atoms with E-state index in [4.69, 9.17) is 10.9 Å². The molecule has 0 aliphatic carbocycles. The largest absolute Gasteiger partial charge is 0.451 e. The van der Waals surface area contributed by atoms with Crippen LogP contribution < -0.4 is 5.73 Å². The van der Waals surface area contributed by atoms with Crippen molar-refractivity contribution in [2.24, 2.45) is 17.9 Å². The first kappa shape index (κ1) is 10.3. The van der Waals surface area contributed by atoms with Crippen molar-refractivity contribution < 1.29 is 18.4 Å². The quantitative estimate of drug-likeness (QED) is 0.293. The van der Waals surface area contributed by atoms with Gasteiger partial charge >= 0.3 is 6.18 Å². The van der Waals surface area contributed by atoms with Crippen molar-refractivity contribution in [3.05, 3.63) is 11.6 Å². The lowest BCUT2D eigenvalue weighted by atomic mass is 10.5. The predicted octanol–water partition coefficient (Wildman–Crippen LogP) is -0.0716. The molecule has 78 valence electrons. The van der Waals surface area contributed by atoms with Crippen molar-refractivity contribution in [3.63, 3.8) is 0 Å². The summed E-state index contributed by atoms with van der Waals surface area (Å²) in [5.41, 5.74) is 5.06. The third kappa shape index (κ3) is 1.60. The number of amidine groups is 1. The van der Waals surface area contributed by atoms with Gasteiger partial charge in [-0.2, -0.15) is 13.2 Å². The molecule has 1 rings (SSSR count). The van der Waals surface area contributed by atoms with Crippen LogP contribution in [0.1, 0.15) is 11.6 Å². The Morgan fingerprint density at radius 1 is 1.50 bits per heavy atom. The SMILES string of the molecule is Cn1c(C(N)=NO)nnc1C(F)(F)F. The minimum Gasteiger partial charge on any atom is -0.409 e. The van der Waals surface area contributed by atoms with E-state index in [0.29, 0.717) is 4.57 Å². The fourth-order valence-corrected chi connectivity index (χ4v) is 0.844. The van der Waals surface area contributed by atoms with Gasteiger partial charge in [-0.1, -0.05) is 5.16 Å². The minimum atomic E-state index is -4.62. The third-order valence-electron chi connectivity index (χ3n) is 1.47. The zero-order valence-corrected chi connectivity index (χ0v) is 6.95. The molecule has 3 N–H and O–H groups in total. The average molecular weight is 209 g/mol. The third-order valence-corrected chi connectivity index (χ3v) is 1.47. The van der Waals surface area contributed by atoms with Crippen molar-refractivity contribution in [2.45, 2.75) is 6.18 Å². The number of alkyl halides is 3. The highest BCUT2D eigenvalue weighted by Crippen LogP contribution is 2.27. The lowest BCUT2D eigenvalue weighted by Gasteiger charge is -2.05. The fourth-order valence-electron chi connectivity index (χ4n) is 0.844. The maximum atomic E-state index is 12.2. The zero-order chi connectivity index (χ0) is 10.9. The number of aromatic nitrogens is 3. The molecule has 14 heavy (non-hydrogen) atoms. The van der Waals surface area contributed by atoms with Gasteiger partial charge < -0.3 is 15.5 Å². The van der Waals surface area contributed by atoms with Crippen LogP contribution in [0.5, 0.6) is 0 Å². The van der Waals surface area contributed by atoms with Crippen LogP contribution in [-0.2, 0) is 13.2 Å². The second-order valence-corrected chi connectivity index (χ2v) is 2.39. The van der Waals surface area contributed by atoms with Gasteiger partial charge in [-0.25, -0.2) is 0 Å². The van der Waals surface area contributed by atoms with E-state index in [2.05, 4.69) is 15.4 Å². The van der Waals surface area contributed by atoms with Gasteiger partial charge in [0.15, 0.2) is 0 Å². The second kappa shape index (κ2) is 3.16. The molecule has 1 aromatic heterocycles. The van der Waals surface area contributed by atoms with E-state index < -0.39 is 17.8 Å². The van der Waals surface area contributed by atoms with Crippen molar-refractivity contribution in [1.82, 2.24) is 14.8 Å². The molecule has 0 saturated carbocycles. The Kier molecular flexibility index (Phi) is 2.32. The van der Waals surface area contributed by atoms with Gasteiger partial charge in [0.2, 0.25) is 17.5 Å². The number of nitrogens with two attached hydrogens (primary N) is 1. The first-order valence-corrected chi connectivity index (χ1v) is 3.32. The lowest BCUT2D eigenvalue weighted by molar-refractivity contribution is -0.147. The smallest absolute Gasteiger partial charge is 0.409 e.